The van der Waals surface area contributed by atoms with Crippen molar-refractivity contribution in [1.82, 2.24) is 10.6 Å². The summed E-state index contributed by atoms with van der Waals surface area (Å²) in [5.74, 6) is 2.49. The molecule has 1 aliphatic rings. The van der Waals surface area contributed by atoms with Gasteiger partial charge >= 0.3 is 6.61 Å². The fourth-order valence-electron chi connectivity index (χ4n) is 3.03. The van der Waals surface area contributed by atoms with Crippen molar-refractivity contribution >= 4 is 5.96 Å². The zero-order valence-electron chi connectivity index (χ0n) is 16.9. The van der Waals surface area contributed by atoms with Crippen LogP contribution in [0.3, 0.4) is 0 Å². The topological polar surface area (TPSA) is 73.3 Å². The summed E-state index contributed by atoms with van der Waals surface area (Å²) in [6.45, 7) is -1.38. The highest BCUT2D eigenvalue weighted by Crippen LogP contribution is 2.32. The van der Waals surface area contributed by atoms with Gasteiger partial charge in [0.1, 0.15) is 0 Å². The summed E-state index contributed by atoms with van der Waals surface area (Å²) in [5, 5.41) is 6.46. The Labute approximate surface area is 174 Å². The van der Waals surface area contributed by atoms with Gasteiger partial charge in [0.25, 0.3) is 0 Å². The molecular weight excluding hydrogens is 396 g/mol. The lowest BCUT2D eigenvalue weighted by Crippen LogP contribution is -2.39. The number of rotatable bonds is 9. The molecule has 0 unspecified atom stereocenters. The molecule has 0 aliphatic carbocycles. The molecule has 1 heterocycles. The zero-order chi connectivity index (χ0) is 21.3. The van der Waals surface area contributed by atoms with Crippen molar-refractivity contribution in [3.05, 3.63) is 47.5 Å². The quantitative estimate of drug-likeness (QED) is 0.479. The third kappa shape index (κ3) is 5.88. The van der Waals surface area contributed by atoms with Crippen LogP contribution < -0.4 is 29.6 Å². The summed E-state index contributed by atoms with van der Waals surface area (Å²) in [7, 11) is 3.10. The van der Waals surface area contributed by atoms with E-state index < -0.39 is 6.61 Å². The summed E-state index contributed by atoms with van der Waals surface area (Å²) >= 11 is 0. The van der Waals surface area contributed by atoms with Crippen LogP contribution in [0.1, 0.15) is 11.1 Å². The number of fused-ring (bicyclic) bond motifs is 1. The molecule has 9 heteroatoms. The Morgan fingerprint density at radius 1 is 1.00 bits per heavy atom. The molecule has 1 aliphatic heterocycles. The summed E-state index contributed by atoms with van der Waals surface area (Å²) < 4.78 is 45.4. The SMILES string of the molecule is CN=C(NCCc1ccc2c(c1)OCO2)NCCc1ccc(OC)c(OC(F)F)c1. The van der Waals surface area contributed by atoms with Gasteiger partial charge in [-0.15, -0.1) is 0 Å². The standard InChI is InChI=1S/C21H25F2N3O4/c1-24-21(25-9-7-14-4-6-17-18(11-14)29-13-28-17)26-10-8-15-3-5-16(27-2)19(12-15)30-20(22)23/h3-6,11-12,20H,7-10,13H2,1-2H3,(H2,24,25,26). The molecular formula is C21H25F2N3O4. The van der Waals surface area contributed by atoms with Crippen molar-refractivity contribution < 1.29 is 27.7 Å². The van der Waals surface area contributed by atoms with Crippen molar-refractivity contribution in [1.29, 1.82) is 0 Å². The maximum absolute atomic E-state index is 12.6. The monoisotopic (exact) mass is 421 g/mol. The van der Waals surface area contributed by atoms with E-state index in [0.717, 1.165) is 29.0 Å². The van der Waals surface area contributed by atoms with E-state index in [2.05, 4.69) is 20.4 Å². The number of nitrogens with one attached hydrogen (secondary N) is 2. The molecule has 0 fully saturated rings. The van der Waals surface area contributed by atoms with Crippen molar-refractivity contribution in [3.63, 3.8) is 0 Å². The summed E-state index contributed by atoms with van der Waals surface area (Å²) in [6, 6.07) is 10.9. The summed E-state index contributed by atoms with van der Waals surface area (Å²) in [5.41, 5.74) is 1.97. The molecule has 2 aromatic rings. The van der Waals surface area contributed by atoms with Crippen LogP contribution in [0, 0.1) is 0 Å². The van der Waals surface area contributed by atoms with Gasteiger partial charge in [0.05, 0.1) is 7.11 Å². The largest absolute Gasteiger partial charge is 0.493 e. The molecule has 2 N–H and O–H groups in total. The molecule has 162 valence electrons. The average Bonchev–Trinajstić information content (AvgIpc) is 3.20. The third-order valence-corrected chi connectivity index (χ3v) is 4.52. The predicted molar refractivity (Wildman–Crippen MR) is 109 cm³/mol. The van der Waals surface area contributed by atoms with Gasteiger partial charge in [-0.1, -0.05) is 12.1 Å². The van der Waals surface area contributed by atoms with Crippen LogP contribution in [0.15, 0.2) is 41.4 Å². The Kier molecular flexibility index (Phi) is 7.53. The third-order valence-electron chi connectivity index (χ3n) is 4.52. The number of nitrogens with zero attached hydrogens (tertiary/aromatic N) is 1. The lowest BCUT2D eigenvalue weighted by Gasteiger charge is -2.14. The molecule has 0 radical (unpaired) electrons. The molecule has 0 saturated carbocycles. The van der Waals surface area contributed by atoms with Crippen molar-refractivity contribution in [3.8, 4) is 23.0 Å². The van der Waals surface area contributed by atoms with Crippen LogP contribution in [-0.4, -0.2) is 46.6 Å². The number of hydrogen-bond acceptors (Lipinski definition) is 5. The molecule has 0 atom stereocenters. The van der Waals surface area contributed by atoms with E-state index in [-0.39, 0.29) is 18.3 Å². The Balaban J connectivity index is 1.44. The van der Waals surface area contributed by atoms with Crippen LogP contribution in [0.5, 0.6) is 23.0 Å². The minimum atomic E-state index is -2.90. The normalized spacial score (nSPS) is 12.8. The Morgan fingerprint density at radius 2 is 1.67 bits per heavy atom. The van der Waals surface area contributed by atoms with Gasteiger partial charge in [-0.05, 0) is 48.2 Å². The highest BCUT2D eigenvalue weighted by atomic mass is 19.3. The second-order valence-electron chi connectivity index (χ2n) is 6.48. The first-order valence-corrected chi connectivity index (χ1v) is 9.54. The Morgan fingerprint density at radius 3 is 2.33 bits per heavy atom. The summed E-state index contributed by atoms with van der Waals surface area (Å²) in [4.78, 5) is 4.20. The fraction of sp³-hybridized carbons (Fsp3) is 0.381. The van der Waals surface area contributed by atoms with Crippen LogP contribution in [0.25, 0.3) is 0 Å². The first kappa shape index (κ1) is 21.5. The highest BCUT2D eigenvalue weighted by Gasteiger charge is 2.13. The number of halogens is 2. The molecule has 0 amide bonds. The second kappa shape index (κ2) is 10.5. The van der Waals surface area contributed by atoms with Gasteiger partial charge in [0.2, 0.25) is 6.79 Å². The van der Waals surface area contributed by atoms with E-state index in [4.69, 9.17) is 14.2 Å². The number of ether oxygens (including phenoxy) is 4. The second-order valence-corrected chi connectivity index (χ2v) is 6.48. The first-order chi connectivity index (χ1) is 14.6. The highest BCUT2D eigenvalue weighted by molar-refractivity contribution is 5.79. The van der Waals surface area contributed by atoms with Crippen LogP contribution in [0.2, 0.25) is 0 Å². The number of benzene rings is 2. The predicted octanol–water partition coefficient (Wildman–Crippen LogP) is 2.98. The molecule has 30 heavy (non-hydrogen) atoms. The minimum Gasteiger partial charge on any atom is -0.493 e. The van der Waals surface area contributed by atoms with Crippen LogP contribution in [0.4, 0.5) is 8.78 Å². The van der Waals surface area contributed by atoms with Gasteiger partial charge in [-0.25, -0.2) is 0 Å². The Bertz CT molecular complexity index is 877. The molecule has 0 saturated heterocycles. The van der Waals surface area contributed by atoms with E-state index in [1.54, 1.807) is 19.2 Å². The lowest BCUT2D eigenvalue weighted by molar-refractivity contribution is -0.0512. The van der Waals surface area contributed by atoms with Gasteiger partial charge in [-0.2, -0.15) is 8.78 Å². The van der Waals surface area contributed by atoms with E-state index in [9.17, 15) is 8.78 Å². The van der Waals surface area contributed by atoms with Crippen LogP contribution in [-0.2, 0) is 12.8 Å². The van der Waals surface area contributed by atoms with E-state index >= 15 is 0 Å². The average molecular weight is 421 g/mol. The number of aliphatic imine (C=N–C) groups is 1. The number of alkyl halides is 2. The molecule has 2 aromatic carbocycles. The maximum Gasteiger partial charge on any atom is 0.387 e. The van der Waals surface area contributed by atoms with Gasteiger partial charge in [0.15, 0.2) is 29.0 Å². The van der Waals surface area contributed by atoms with E-state index in [1.165, 1.54) is 7.11 Å². The van der Waals surface area contributed by atoms with E-state index in [0.29, 0.717) is 25.5 Å². The summed E-state index contributed by atoms with van der Waals surface area (Å²) in [6.07, 6.45) is 1.40. The number of hydrogen-bond donors (Lipinski definition) is 2. The first-order valence-electron chi connectivity index (χ1n) is 9.54. The van der Waals surface area contributed by atoms with Gasteiger partial charge < -0.3 is 29.6 Å². The molecule has 7 nitrogen and oxygen atoms in total. The van der Waals surface area contributed by atoms with Gasteiger partial charge in [0, 0.05) is 20.1 Å². The van der Waals surface area contributed by atoms with Crippen LogP contribution >= 0.6 is 0 Å². The maximum atomic E-state index is 12.6. The molecule has 0 spiro atoms. The molecule has 0 bridgehead atoms. The minimum absolute atomic E-state index is 0.0243. The number of methoxy groups -OCH3 is 1. The van der Waals surface area contributed by atoms with Gasteiger partial charge in [-0.3, -0.25) is 4.99 Å². The Hall–Kier alpha value is -3.23. The van der Waals surface area contributed by atoms with Crippen molar-refractivity contribution in [2.24, 2.45) is 4.99 Å². The fourth-order valence-corrected chi connectivity index (χ4v) is 3.03. The number of guanidine groups is 1. The molecule has 3 rings (SSSR count). The van der Waals surface area contributed by atoms with Crippen molar-refractivity contribution in [2.75, 3.05) is 34.0 Å². The lowest BCUT2D eigenvalue weighted by atomic mass is 10.1. The van der Waals surface area contributed by atoms with E-state index in [1.807, 2.05) is 24.3 Å². The molecule has 0 aromatic heterocycles. The van der Waals surface area contributed by atoms with Crippen molar-refractivity contribution in [2.45, 2.75) is 19.5 Å². The smallest absolute Gasteiger partial charge is 0.387 e. The zero-order valence-corrected chi connectivity index (χ0v) is 16.9.